The minimum Gasteiger partial charge on any atom is -0.420 e. The zero-order chi connectivity index (χ0) is 13.9. The molecule has 1 aromatic carbocycles. The molecule has 100 valence electrons. The molecule has 0 saturated carbocycles. The fourth-order valence-electron chi connectivity index (χ4n) is 0.669. The second-order valence-corrected chi connectivity index (χ2v) is 3.26. The summed E-state index contributed by atoms with van der Waals surface area (Å²) in [4.78, 5) is 0. The number of nitrogens with two attached hydrogens (primary N) is 1. The highest BCUT2D eigenvalue weighted by molar-refractivity contribution is 6.20. The first kappa shape index (κ1) is 18.3. The SMILES string of the molecule is CC.CCC.Nc1ccc(OC(F)(F)Cl)cc1. The predicted octanol–water partition coefficient (Wildman–Crippen LogP) is 4.88. The molecular weight excluding hydrogens is 248 g/mol. The maximum absolute atomic E-state index is 12.0. The van der Waals surface area contributed by atoms with E-state index in [1.54, 1.807) is 0 Å². The van der Waals surface area contributed by atoms with Crippen molar-refractivity contribution in [3.05, 3.63) is 24.3 Å². The predicted molar refractivity (Wildman–Crippen MR) is 69.6 cm³/mol. The quantitative estimate of drug-likeness (QED) is 0.612. The van der Waals surface area contributed by atoms with Crippen LogP contribution in [0.2, 0.25) is 0 Å². The molecule has 0 radical (unpaired) electrons. The van der Waals surface area contributed by atoms with Gasteiger partial charge >= 0.3 is 5.57 Å². The lowest BCUT2D eigenvalue weighted by Gasteiger charge is -2.09. The molecule has 0 aliphatic carbocycles. The summed E-state index contributed by atoms with van der Waals surface area (Å²) in [6, 6.07) is 5.51. The van der Waals surface area contributed by atoms with Gasteiger partial charge in [-0.15, -0.1) is 8.78 Å². The number of alkyl halides is 3. The zero-order valence-corrected chi connectivity index (χ0v) is 11.4. The summed E-state index contributed by atoms with van der Waals surface area (Å²) in [5.74, 6) is -0.0239. The summed E-state index contributed by atoms with van der Waals surface area (Å²) < 4.78 is 28.1. The number of rotatable bonds is 2. The molecular formula is C12H20ClF2NO. The lowest BCUT2D eigenvalue weighted by molar-refractivity contribution is -0.0964. The van der Waals surface area contributed by atoms with Gasteiger partial charge in [0, 0.05) is 17.3 Å². The Morgan fingerprint density at radius 2 is 1.53 bits per heavy atom. The molecule has 2 N–H and O–H groups in total. The molecule has 17 heavy (non-hydrogen) atoms. The molecule has 0 amide bonds. The molecule has 0 bridgehead atoms. The van der Waals surface area contributed by atoms with E-state index in [1.807, 2.05) is 13.8 Å². The van der Waals surface area contributed by atoms with Gasteiger partial charge < -0.3 is 10.5 Å². The largest absolute Gasteiger partial charge is 0.487 e. The number of hydrogen-bond acceptors (Lipinski definition) is 2. The number of nitrogen functional groups attached to an aromatic ring is 1. The van der Waals surface area contributed by atoms with E-state index in [0.717, 1.165) is 0 Å². The van der Waals surface area contributed by atoms with Crippen LogP contribution in [0.3, 0.4) is 0 Å². The summed E-state index contributed by atoms with van der Waals surface area (Å²) in [6.07, 6.45) is 1.25. The van der Waals surface area contributed by atoms with Crippen LogP contribution in [0.5, 0.6) is 5.75 Å². The minimum absolute atomic E-state index is 0.0239. The second-order valence-electron chi connectivity index (χ2n) is 2.82. The molecule has 0 aliphatic heterocycles. The van der Waals surface area contributed by atoms with E-state index in [9.17, 15) is 8.78 Å². The maximum Gasteiger partial charge on any atom is 0.487 e. The van der Waals surface area contributed by atoms with Crippen molar-refractivity contribution in [3.63, 3.8) is 0 Å². The van der Waals surface area contributed by atoms with E-state index in [4.69, 9.17) is 5.73 Å². The molecule has 1 aromatic rings. The van der Waals surface area contributed by atoms with Crippen LogP contribution in [-0.4, -0.2) is 5.57 Å². The van der Waals surface area contributed by atoms with Crippen LogP contribution in [0, 0.1) is 0 Å². The number of halogens is 3. The highest BCUT2D eigenvalue weighted by atomic mass is 35.5. The molecule has 0 fully saturated rings. The second kappa shape index (κ2) is 10.1. The van der Waals surface area contributed by atoms with Crippen molar-refractivity contribution >= 4 is 17.3 Å². The van der Waals surface area contributed by atoms with Crippen LogP contribution in [-0.2, 0) is 0 Å². The molecule has 0 saturated heterocycles. The van der Waals surface area contributed by atoms with Crippen molar-refractivity contribution in [1.82, 2.24) is 0 Å². The van der Waals surface area contributed by atoms with Crippen LogP contribution >= 0.6 is 11.6 Å². The Balaban J connectivity index is 0. The van der Waals surface area contributed by atoms with Gasteiger partial charge in [0.1, 0.15) is 5.75 Å². The van der Waals surface area contributed by atoms with Gasteiger partial charge in [-0.05, 0) is 24.3 Å². The number of ether oxygens (including phenoxy) is 1. The van der Waals surface area contributed by atoms with Crippen molar-refractivity contribution in [2.75, 3.05) is 5.73 Å². The van der Waals surface area contributed by atoms with Crippen molar-refractivity contribution in [1.29, 1.82) is 0 Å². The number of benzene rings is 1. The third-order valence-electron chi connectivity index (χ3n) is 1.11. The Morgan fingerprint density at radius 3 is 1.82 bits per heavy atom. The third kappa shape index (κ3) is 12.9. The van der Waals surface area contributed by atoms with Crippen LogP contribution in [0.4, 0.5) is 14.5 Å². The lowest BCUT2D eigenvalue weighted by atomic mass is 10.3. The molecule has 5 heteroatoms. The first-order valence-corrected chi connectivity index (χ1v) is 5.88. The Morgan fingerprint density at radius 1 is 1.18 bits per heavy atom. The van der Waals surface area contributed by atoms with Gasteiger partial charge in [-0.3, -0.25) is 0 Å². The molecule has 0 aromatic heterocycles. The van der Waals surface area contributed by atoms with Gasteiger partial charge in [0.25, 0.3) is 0 Å². The minimum atomic E-state index is -3.67. The smallest absolute Gasteiger partial charge is 0.420 e. The summed E-state index contributed by atoms with van der Waals surface area (Å²) in [7, 11) is 0. The molecule has 0 heterocycles. The van der Waals surface area contributed by atoms with E-state index < -0.39 is 5.57 Å². The van der Waals surface area contributed by atoms with Crippen LogP contribution < -0.4 is 10.5 Å². The Hall–Kier alpha value is -1.03. The van der Waals surface area contributed by atoms with Crippen molar-refractivity contribution in [2.24, 2.45) is 0 Å². The van der Waals surface area contributed by atoms with Crippen LogP contribution in [0.25, 0.3) is 0 Å². The van der Waals surface area contributed by atoms with E-state index >= 15 is 0 Å². The first-order chi connectivity index (χ1) is 7.89. The van der Waals surface area contributed by atoms with Gasteiger partial charge in [-0.1, -0.05) is 34.1 Å². The van der Waals surface area contributed by atoms with Gasteiger partial charge in [-0.25, -0.2) is 0 Å². The van der Waals surface area contributed by atoms with Crippen molar-refractivity contribution < 1.29 is 13.5 Å². The Kier molecular flexibility index (Phi) is 10.9. The normalized spacial score (nSPS) is 9.35. The standard InChI is InChI=1S/C7H6ClF2NO.C3H8.C2H6/c8-7(9,10)12-6-3-1-5(11)2-4-6;1-3-2;1-2/h1-4H,11H2;3H2,1-2H3;1-2H3. The highest BCUT2D eigenvalue weighted by Crippen LogP contribution is 2.25. The number of anilines is 1. The van der Waals surface area contributed by atoms with Gasteiger partial charge in [0.05, 0.1) is 0 Å². The van der Waals surface area contributed by atoms with Gasteiger partial charge in [-0.2, -0.15) is 0 Å². The number of hydrogen-bond donors (Lipinski definition) is 1. The van der Waals surface area contributed by atoms with Crippen molar-refractivity contribution in [2.45, 2.75) is 39.7 Å². The van der Waals surface area contributed by atoms with E-state index in [-0.39, 0.29) is 5.75 Å². The van der Waals surface area contributed by atoms with E-state index in [1.165, 1.54) is 30.7 Å². The fraction of sp³-hybridized carbons (Fsp3) is 0.500. The average Bonchev–Trinajstić information content (AvgIpc) is 2.24. The molecule has 0 unspecified atom stereocenters. The molecule has 1 rings (SSSR count). The van der Waals surface area contributed by atoms with Gasteiger partial charge in [0.15, 0.2) is 0 Å². The lowest BCUT2D eigenvalue weighted by Crippen LogP contribution is -2.15. The van der Waals surface area contributed by atoms with Gasteiger partial charge in [0.2, 0.25) is 0 Å². The molecule has 0 atom stereocenters. The van der Waals surface area contributed by atoms with E-state index in [2.05, 4.69) is 30.2 Å². The van der Waals surface area contributed by atoms with Crippen molar-refractivity contribution in [3.8, 4) is 5.75 Å². The summed E-state index contributed by atoms with van der Waals surface area (Å²) in [5.41, 5.74) is 2.12. The molecule has 2 nitrogen and oxygen atoms in total. The Labute approximate surface area is 107 Å². The third-order valence-corrected chi connectivity index (χ3v) is 1.19. The zero-order valence-electron chi connectivity index (χ0n) is 10.6. The Bertz CT molecular complexity index is 273. The molecule has 0 spiro atoms. The van der Waals surface area contributed by atoms with E-state index in [0.29, 0.717) is 5.69 Å². The summed E-state index contributed by atoms with van der Waals surface area (Å²) >= 11 is 4.52. The molecule has 0 aliphatic rings. The topological polar surface area (TPSA) is 35.2 Å². The first-order valence-electron chi connectivity index (χ1n) is 5.50. The fourth-order valence-corrected chi connectivity index (χ4v) is 0.759. The van der Waals surface area contributed by atoms with Crippen LogP contribution in [0.1, 0.15) is 34.1 Å². The summed E-state index contributed by atoms with van der Waals surface area (Å²) in [6.45, 7) is 8.25. The van der Waals surface area contributed by atoms with Crippen LogP contribution in [0.15, 0.2) is 24.3 Å². The average molecular weight is 268 g/mol. The highest BCUT2D eigenvalue weighted by Gasteiger charge is 2.27. The summed E-state index contributed by atoms with van der Waals surface area (Å²) in [5, 5.41) is 0. The maximum atomic E-state index is 12.0. The monoisotopic (exact) mass is 267 g/mol.